The van der Waals surface area contributed by atoms with Gasteiger partial charge in [-0.15, -0.1) is 0 Å². The second-order valence-electron chi connectivity index (χ2n) is 9.14. The number of fused-ring (bicyclic) bond motifs is 1. The number of alkyl halides is 17. The molecule has 46 heavy (non-hydrogen) atoms. The van der Waals surface area contributed by atoms with Crippen molar-refractivity contribution in [2.45, 2.75) is 65.7 Å². The molecular weight excluding hydrogens is 725 g/mol. The van der Waals surface area contributed by atoms with E-state index in [1.54, 1.807) is 6.07 Å². The van der Waals surface area contributed by atoms with Crippen molar-refractivity contribution >= 4 is 31.2 Å². The zero-order valence-electron chi connectivity index (χ0n) is 22.3. The predicted octanol–water partition coefficient (Wildman–Crippen LogP) is 9.14. The Hall–Kier alpha value is -2.74. The van der Waals surface area contributed by atoms with Crippen LogP contribution in [-0.4, -0.2) is 66.9 Å². The Balaban J connectivity index is 2.77. The molecule has 0 radical (unpaired) electrons. The number of halogens is 17. The average molecular weight is 741 g/mol. The molecule has 0 aliphatic rings. The van der Waals surface area contributed by atoms with Gasteiger partial charge in [-0.25, -0.2) is 3.63 Å². The van der Waals surface area contributed by atoms with Crippen LogP contribution in [0.1, 0.15) is 19.4 Å². The van der Waals surface area contributed by atoms with E-state index in [1.807, 2.05) is 0 Å². The third kappa shape index (κ3) is 5.21. The lowest BCUT2D eigenvalue weighted by Gasteiger charge is -2.43. The summed E-state index contributed by atoms with van der Waals surface area (Å²) in [5, 5.41) is 1.30. The Bertz CT molecular complexity index is 1610. The molecule has 262 valence electrons. The third-order valence-electron chi connectivity index (χ3n) is 6.56. The molecule has 2 rings (SSSR count). The largest absolute Gasteiger partial charge is 0.460 e. The molecule has 23 heteroatoms. The number of hydrogen-bond donors (Lipinski definition) is 0. The summed E-state index contributed by atoms with van der Waals surface area (Å²) in [6.45, 7) is 1.95. The fourth-order valence-electron chi connectivity index (χ4n) is 3.86. The highest BCUT2D eigenvalue weighted by molar-refractivity contribution is 8.33. The lowest BCUT2D eigenvalue weighted by atomic mass is 9.91. The summed E-state index contributed by atoms with van der Waals surface area (Å²) in [7, 11) is -11.8. The quantitative estimate of drug-likeness (QED) is 0.204. The van der Waals surface area contributed by atoms with Crippen LogP contribution in [0.25, 0.3) is 10.8 Å². The SMILES string of the molecule is CCS(CC)(OS(=O)(=O)C(F)(F)C(F)(F)C(F)(F)C(F)(F)C(F)(F)C(F)(F)C(F)(F)C(F)(F)F)c1ccc(C#N)c2ccccc12. The highest BCUT2D eigenvalue weighted by Crippen LogP contribution is 2.66. The van der Waals surface area contributed by atoms with Crippen LogP contribution in [-0.2, 0) is 13.7 Å². The van der Waals surface area contributed by atoms with Crippen molar-refractivity contribution < 1.29 is 86.7 Å². The van der Waals surface area contributed by atoms with Crippen molar-refractivity contribution in [2.24, 2.45) is 0 Å². The van der Waals surface area contributed by atoms with Crippen LogP contribution in [0.5, 0.6) is 0 Å². The van der Waals surface area contributed by atoms with E-state index >= 15 is 0 Å². The summed E-state index contributed by atoms with van der Waals surface area (Å²) in [5.41, 5.74) is -0.129. The van der Waals surface area contributed by atoms with Gasteiger partial charge in [0.1, 0.15) is 0 Å². The van der Waals surface area contributed by atoms with Crippen molar-refractivity contribution in [1.82, 2.24) is 0 Å². The molecule has 2 aromatic rings. The second-order valence-corrected chi connectivity index (χ2v) is 14.3. The smallest absolute Gasteiger partial charge is 0.211 e. The minimum Gasteiger partial charge on any atom is -0.211 e. The number of hydrogen-bond acceptors (Lipinski definition) is 4. The van der Waals surface area contributed by atoms with Crippen molar-refractivity contribution in [2.75, 3.05) is 11.5 Å². The average Bonchev–Trinajstić information content (AvgIpc) is 2.94. The minimum atomic E-state index is -8.94. The molecule has 4 nitrogen and oxygen atoms in total. The number of benzene rings is 2. The highest BCUT2D eigenvalue weighted by atomic mass is 32.3. The van der Waals surface area contributed by atoms with E-state index in [0.717, 1.165) is 32.0 Å². The van der Waals surface area contributed by atoms with E-state index in [0.29, 0.717) is 0 Å². The van der Waals surface area contributed by atoms with Crippen LogP contribution in [0, 0.1) is 11.3 Å². The summed E-state index contributed by atoms with van der Waals surface area (Å²) in [6, 6.07) is 8.45. The van der Waals surface area contributed by atoms with E-state index < -0.39 is 83.8 Å². The molecule has 0 spiro atoms. The lowest BCUT2D eigenvalue weighted by molar-refractivity contribution is -0.458. The zero-order valence-corrected chi connectivity index (χ0v) is 23.9. The van der Waals surface area contributed by atoms with Gasteiger partial charge in [-0.3, -0.25) is 0 Å². The molecule has 0 amide bonds. The monoisotopic (exact) mass is 741 g/mol. The molecule has 0 aliphatic heterocycles. The molecule has 2 aromatic carbocycles. The standard InChI is InChI=1S/C23H16F17NO3S2/c1-3-45(4-2,15-10-9-12(11-41)13-7-5-6-8-14(13)15)44-46(42,43)23(39,40)21(34,35)19(30,31)17(26,27)16(24,25)18(28,29)20(32,33)22(36,37)38/h5-10H,3-4H2,1-2H3. The minimum absolute atomic E-state index is 0.0237. The molecule has 0 saturated carbocycles. The second kappa shape index (κ2) is 11.5. The first-order valence-corrected chi connectivity index (χ1v) is 15.0. The lowest BCUT2D eigenvalue weighted by Crippen LogP contribution is -2.75. The van der Waals surface area contributed by atoms with Gasteiger partial charge < -0.3 is 0 Å². The van der Waals surface area contributed by atoms with Gasteiger partial charge in [-0.1, -0.05) is 48.4 Å². The third-order valence-corrected chi connectivity index (χ3v) is 12.2. The fourth-order valence-corrected chi connectivity index (χ4v) is 9.01. The van der Waals surface area contributed by atoms with Gasteiger partial charge in [0, 0.05) is 21.8 Å². The first kappa shape index (κ1) is 39.4. The Morgan fingerprint density at radius 1 is 0.609 bits per heavy atom. The predicted molar refractivity (Wildman–Crippen MR) is 126 cm³/mol. The summed E-state index contributed by atoms with van der Waals surface area (Å²) >= 11 is 0. The Labute approximate surface area is 248 Å². The molecule has 0 unspecified atom stereocenters. The van der Waals surface area contributed by atoms with Crippen molar-refractivity contribution in [3.63, 3.8) is 0 Å². The normalized spacial score (nSPS) is 15.6. The molecule has 0 bridgehead atoms. The van der Waals surface area contributed by atoms with Crippen molar-refractivity contribution in [3.05, 3.63) is 42.0 Å². The van der Waals surface area contributed by atoms with Crippen molar-refractivity contribution in [3.8, 4) is 6.07 Å². The summed E-state index contributed by atoms with van der Waals surface area (Å²) in [4.78, 5) is -0.438. The van der Waals surface area contributed by atoms with Crippen LogP contribution < -0.4 is 0 Å². The maximum absolute atomic E-state index is 14.8. The van der Waals surface area contributed by atoms with E-state index in [4.69, 9.17) is 0 Å². The number of rotatable bonds is 12. The first-order valence-electron chi connectivity index (χ1n) is 11.7. The Morgan fingerprint density at radius 3 is 1.39 bits per heavy atom. The van der Waals surface area contributed by atoms with E-state index in [9.17, 15) is 88.3 Å². The van der Waals surface area contributed by atoms with Gasteiger partial charge in [-0.2, -0.15) is 88.3 Å². The van der Waals surface area contributed by atoms with E-state index in [-0.39, 0.29) is 16.3 Å². The van der Waals surface area contributed by atoms with E-state index in [1.165, 1.54) is 18.2 Å². The molecule has 0 aliphatic carbocycles. The molecule has 0 N–H and O–H groups in total. The van der Waals surface area contributed by atoms with Gasteiger partial charge in [-0.05, 0) is 17.5 Å². The summed E-state index contributed by atoms with van der Waals surface area (Å²) in [6.07, 6.45) is -7.92. The van der Waals surface area contributed by atoms with Crippen molar-refractivity contribution in [1.29, 1.82) is 5.26 Å². The first-order chi connectivity index (χ1) is 20.4. The number of nitriles is 1. The molecule has 0 fully saturated rings. The van der Waals surface area contributed by atoms with Crippen LogP contribution in [0.15, 0.2) is 41.3 Å². The highest BCUT2D eigenvalue weighted by Gasteiger charge is 2.96. The fraction of sp³-hybridized carbons (Fsp3) is 0.522. The van der Waals surface area contributed by atoms with Gasteiger partial charge in [0.2, 0.25) is 0 Å². The van der Waals surface area contributed by atoms with Crippen LogP contribution in [0.2, 0.25) is 0 Å². The summed E-state index contributed by atoms with van der Waals surface area (Å²) < 4.78 is 262. The van der Waals surface area contributed by atoms with Crippen LogP contribution in [0.4, 0.5) is 74.6 Å². The topological polar surface area (TPSA) is 67.2 Å². The molecular formula is C23H16F17NO3S2. The maximum Gasteiger partial charge on any atom is 0.460 e. The van der Waals surface area contributed by atoms with Crippen LogP contribution >= 0.6 is 10.3 Å². The molecule has 0 atom stereocenters. The summed E-state index contributed by atoms with van der Waals surface area (Å²) in [5.74, 6) is -53.8. The Kier molecular flexibility index (Phi) is 9.82. The Morgan fingerprint density at radius 2 is 1.00 bits per heavy atom. The molecule has 0 aromatic heterocycles. The zero-order chi connectivity index (χ0) is 36.4. The van der Waals surface area contributed by atoms with Gasteiger partial charge in [0.15, 0.2) is 0 Å². The van der Waals surface area contributed by atoms with E-state index in [2.05, 4.69) is 3.63 Å². The van der Waals surface area contributed by atoms with Crippen LogP contribution in [0.3, 0.4) is 0 Å². The van der Waals surface area contributed by atoms with Gasteiger partial charge in [0.05, 0.1) is 11.6 Å². The number of nitrogens with zero attached hydrogens (tertiary/aromatic N) is 1. The maximum atomic E-state index is 14.8. The molecule has 0 heterocycles. The molecule has 0 saturated heterocycles. The van der Waals surface area contributed by atoms with Gasteiger partial charge >= 0.3 is 57.1 Å². The van der Waals surface area contributed by atoms with Gasteiger partial charge in [0.25, 0.3) is 0 Å².